The predicted octanol–water partition coefficient (Wildman–Crippen LogP) is 5.04. The van der Waals surface area contributed by atoms with Crippen molar-refractivity contribution in [2.24, 2.45) is 0 Å². The van der Waals surface area contributed by atoms with Crippen molar-refractivity contribution < 1.29 is 0 Å². The van der Waals surface area contributed by atoms with Gasteiger partial charge in [-0.3, -0.25) is 0 Å². The van der Waals surface area contributed by atoms with E-state index in [0.29, 0.717) is 11.0 Å². The molecule has 0 aliphatic heterocycles. The van der Waals surface area contributed by atoms with Crippen LogP contribution in [0.3, 0.4) is 0 Å². The number of aromatic nitrogens is 3. The maximum atomic E-state index is 6.17. The minimum Gasteiger partial charge on any atom is -0.325 e. The van der Waals surface area contributed by atoms with E-state index in [4.69, 9.17) is 11.6 Å². The first-order chi connectivity index (χ1) is 12.1. The summed E-state index contributed by atoms with van der Waals surface area (Å²) < 4.78 is 0. The Morgan fingerprint density at radius 2 is 1.92 bits per heavy atom. The lowest BCUT2D eigenvalue weighted by Gasteiger charge is -2.22. The minimum atomic E-state index is 0.439. The number of anilines is 4. The fraction of sp³-hybridized carbons (Fsp3) is 0.211. The van der Waals surface area contributed by atoms with Gasteiger partial charge in [-0.15, -0.1) is 5.10 Å². The lowest BCUT2D eigenvalue weighted by Crippen LogP contribution is -2.18. The Balaban J connectivity index is 1.91. The third kappa shape index (κ3) is 3.88. The number of hydrogen-bond donors (Lipinski definition) is 1. The molecular formula is C19H20ClN5. The van der Waals surface area contributed by atoms with Crippen molar-refractivity contribution in [1.29, 1.82) is 0 Å². The lowest BCUT2D eigenvalue weighted by atomic mass is 10.2. The van der Waals surface area contributed by atoms with Crippen molar-refractivity contribution in [3.05, 3.63) is 64.8 Å². The fourth-order valence-electron chi connectivity index (χ4n) is 2.61. The van der Waals surface area contributed by atoms with E-state index in [-0.39, 0.29) is 0 Å². The molecule has 0 saturated carbocycles. The topological polar surface area (TPSA) is 53.9 Å². The van der Waals surface area contributed by atoms with Crippen molar-refractivity contribution in [2.75, 3.05) is 16.8 Å². The molecule has 128 valence electrons. The highest BCUT2D eigenvalue weighted by Gasteiger charge is 2.12. The number of rotatable bonds is 5. The molecule has 0 amide bonds. The molecular weight excluding hydrogens is 334 g/mol. The summed E-state index contributed by atoms with van der Waals surface area (Å²) in [5, 5.41) is 12.1. The van der Waals surface area contributed by atoms with Crippen molar-refractivity contribution >= 4 is 34.7 Å². The summed E-state index contributed by atoms with van der Waals surface area (Å²) in [7, 11) is 0. The van der Waals surface area contributed by atoms with Crippen molar-refractivity contribution in [2.45, 2.75) is 20.8 Å². The summed E-state index contributed by atoms with van der Waals surface area (Å²) in [6.45, 7) is 6.88. The normalized spacial score (nSPS) is 10.6. The number of halogens is 1. The molecule has 5 nitrogen and oxygen atoms in total. The molecule has 0 radical (unpaired) electrons. The Labute approximate surface area is 152 Å². The average molecular weight is 354 g/mol. The molecule has 25 heavy (non-hydrogen) atoms. The summed E-state index contributed by atoms with van der Waals surface area (Å²) in [6.07, 6.45) is 1.67. The Morgan fingerprint density at radius 1 is 1.12 bits per heavy atom. The second kappa shape index (κ2) is 7.49. The monoisotopic (exact) mass is 353 g/mol. The van der Waals surface area contributed by atoms with Crippen LogP contribution in [-0.4, -0.2) is 21.7 Å². The first-order valence-corrected chi connectivity index (χ1v) is 8.52. The van der Waals surface area contributed by atoms with Gasteiger partial charge < -0.3 is 10.2 Å². The third-order valence-corrected chi connectivity index (χ3v) is 4.38. The van der Waals surface area contributed by atoms with Crippen molar-refractivity contribution in [3.8, 4) is 0 Å². The number of benzene rings is 2. The molecule has 0 aliphatic carbocycles. The van der Waals surface area contributed by atoms with E-state index in [1.807, 2.05) is 31.2 Å². The van der Waals surface area contributed by atoms with Crippen LogP contribution in [0.25, 0.3) is 0 Å². The highest BCUT2D eigenvalue weighted by Crippen LogP contribution is 2.27. The Hall–Kier alpha value is -2.66. The smallest absolute Gasteiger partial charge is 0.249 e. The van der Waals surface area contributed by atoms with Crippen LogP contribution in [0.4, 0.5) is 23.1 Å². The summed E-state index contributed by atoms with van der Waals surface area (Å²) in [6, 6.07) is 14.0. The summed E-state index contributed by atoms with van der Waals surface area (Å²) in [4.78, 5) is 6.71. The van der Waals surface area contributed by atoms with Crippen molar-refractivity contribution in [3.63, 3.8) is 0 Å². The molecule has 0 spiro atoms. The Bertz CT molecular complexity index is 881. The number of nitrogens with zero attached hydrogens (tertiary/aromatic N) is 4. The third-order valence-electron chi connectivity index (χ3n) is 3.97. The summed E-state index contributed by atoms with van der Waals surface area (Å²) in [5.41, 5.74) is 4.09. The first kappa shape index (κ1) is 17.2. The van der Waals surface area contributed by atoms with E-state index in [0.717, 1.165) is 29.3 Å². The molecule has 0 atom stereocenters. The van der Waals surface area contributed by atoms with Crippen LogP contribution in [0.15, 0.2) is 48.7 Å². The molecule has 2 aromatic carbocycles. The quantitative estimate of drug-likeness (QED) is 0.696. The van der Waals surface area contributed by atoms with Gasteiger partial charge in [-0.2, -0.15) is 10.1 Å². The van der Waals surface area contributed by atoms with Gasteiger partial charge in [0.25, 0.3) is 0 Å². The zero-order valence-corrected chi connectivity index (χ0v) is 15.2. The number of aryl methyl sites for hydroxylation is 1. The molecule has 6 heteroatoms. The average Bonchev–Trinajstić information content (AvgIpc) is 2.60. The van der Waals surface area contributed by atoms with Crippen LogP contribution in [0.5, 0.6) is 0 Å². The first-order valence-electron chi connectivity index (χ1n) is 8.14. The van der Waals surface area contributed by atoms with Gasteiger partial charge in [-0.05, 0) is 56.2 Å². The second-order valence-corrected chi connectivity index (χ2v) is 6.17. The zero-order chi connectivity index (χ0) is 17.8. The Morgan fingerprint density at radius 3 is 2.68 bits per heavy atom. The van der Waals surface area contributed by atoms with E-state index in [1.165, 1.54) is 5.56 Å². The molecule has 0 unspecified atom stereocenters. The van der Waals surface area contributed by atoms with E-state index < -0.39 is 0 Å². The van der Waals surface area contributed by atoms with Crippen LogP contribution in [0, 0.1) is 13.8 Å². The van der Waals surface area contributed by atoms with Crippen LogP contribution in [0.2, 0.25) is 5.02 Å². The molecule has 0 fully saturated rings. The molecule has 1 aromatic heterocycles. The maximum absolute atomic E-state index is 6.17. The van der Waals surface area contributed by atoms with Gasteiger partial charge in [0.05, 0.1) is 6.20 Å². The fourth-order valence-corrected chi connectivity index (χ4v) is 2.79. The highest BCUT2D eigenvalue weighted by molar-refractivity contribution is 6.31. The summed E-state index contributed by atoms with van der Waals surface area (Å²) in [5.74, 6) is 1.18. The Kier molecular flexibility index (Phi) is 5.14. The van der Waals surface area contributed by atoms with Gasteiger partial charge in [0.1, 0.15) is 0 Å². The van der Waals surface area contributed by atoms with E-state index in [9.17, 15) is 0 Å². The van der Waals surface area contributed by atoms with Crippen LogP contribution >= 0.6 is 11.6 Å². The van der Waals surface area contributed by atoms with E-state index in [2.05, 4.69) is 57.4 Å². The maximum Gasteiger partial charge on any atom is 0.249 e. The highest BCUT2D eigenvalue weighted by atomic mass is 35.5. The van der Waals surface area contributed by atoms with Crippen LogP contribution in [-0.2, 0) is 0 Å². The van der Waals surface area contributed by atoms with E-state index in [1.54, 1.807) is 6.20 Å². The molecule has 3 rings (SSSR count). The van der Waals surface area contributed by atoms with Gasteiger partial charge in [-0.1, -0.05) is 29.8 Å². The number of nitrogens with one attached hydrogen (secondary N) is 1. The molecule has 1 N–H and O–H groups in total. The molecule has 1 heterocycles. The molecule has 3 aromatic rings. The van der Waals surface area contributed by atoms with Gasteiger partial charge in [0.15, 0.2) is 5.82 Å². The van der Waals surface area contributed by atoms with Crippen LogP contribution < -0.4 is 10.2 Å². The van der Waals surface area contributed by atoms with Crippen LogP contribution in [0.1, 0.15) is 18.1 Å². The van der Waals surface area contributed by atoms with Gasteiger partial charge in [-0.25, -0.2) is 0 Å². The van der Waals surface area contributed by atoms with E-state index >= 15 is 0 Å². The zero-order valence-electron chi connectivity index (χ0n) is 14.5. The number of hydrogen-bond acceptors (Lipinski definition) is 5. The minimum absolute atomic E-state index is 0.439. The standard InChI is InChI=1S/C19H20ClN5/c1-4-25(15-8-5-7-13(2)11-15)18-12-21-24-19(23-18)22-17-10-6-9-16(20)14(17)3/h5-12H,4H2,1-3H3,(H,22,23,24). The lowest BCUT2D eigenvalue weighted by molar-refractivity contribution is 0.921. The predicted molar refractivity (Wildman–Crippen MR) is 103 cm³/mol. The van der Waals surface area contributed by atoms with Gasteiger partial charge in [0, 0.05) is 22.9 Å². The molecule has 0 saturated heterocycles. The SMILES string of the molecule is CCN(c1cccc(C)c1)c1cnnc(Nc2cccc(Cl)c2C)n1. The molecule has 0 bridgehead atoms. The largest absolute Gasteiger partial charge is 0.325 e. The summed E-state index contributed by atoms with van der Waals surface area (Å²) >= 11 is 6.17. The van der Waals surface area contributed by atoms with Crippen molar-refractivity contribution in [1.82, 2.24) is 15.2 Å². The molecule has 0 aliphatic rings. The van der Waals surface area contributed by atoms with Gasteiger partial charge >= 0.3 is 0 Å². The van der Waals surface area contributed by atoms with Gasteiger partial charge in [0.2, 0.25) is 5.95 Å². The second-order valence-electron chi connectivity index (χ2n) is 5.76.